The maximum atomic E-state index is 14.2. The Morgan fingerprint density at radius 2 is 1.40 bits per heavy atom. The number of aromatic nitrogens is 7. The van der Waals surface area contributed by atoms with Crippen molar-refractivity contribution in [2.75, 3.05) is 134 Å². The van der Waals surface area contributed by atoms with Crippen LogP contribution in [0.2, 0.25) is 0 Å². The van der Waals surface area contributed by atoms with Gasteiger partial charge in [0.1, 0.15) is 22.9 Å². The number of benzene rings is 3. The van der Waals surface area contributed by atoms with Crippen LogP contribution in [0.5, 0.6) is 11.5 Å². The Labute approximate surface area is 542 Å². The van der Waals surface area contributed by atoms with E-state index in [4.69, 9.17) is 38.1 Å². The zero-order valence-electron chi connectivity index (χ0n) is 54.4. The van der Waals surface area contributed by atoms with Crippen LogP contribution in [0.25, 0.3) is 22.1 Å². The van der Waals surface area contributed by atoms with Gasteiger partial charge in [0.05, 0.1) is 109 Å². The molecular formula is C69H86N12O12. The fourth-order valence-corrected chi connectivity index (χ4v) is 11.7. The topological polar surface area (TPSA) is 241 Å². The number of nitrogens with one attached hydrogen (secondary N) is 1. The summed E-state index contributed by atoms with van der Waals surface area (Å²) in [5, 5.41) is 4.04. The number of para-hydroxylation sites is 3. The molecule has 4 aromatic heterocycles. The maximum Gasteiger partial charge on any atom is 0.332 e. The van der Waals surface area contributed by atoms with Crippen LogP contribution < -0.4 is 36.0 Å². The Morgan fingerprint density at radius 1 is 0.720 bits per heavy atom. The number of likely N-dealkylation sites (N-methyl/N-ethyl adjacent to an activating group) is 1. The number of rotatable bonds is 33. The lowest BCUT2D eigenvalue weighted by molar-refractivity contribution is -0.130. The van der Waals surface area contributed by atoms with Crippen LogP contribution in [0.15, 0.2) is 88.7 Å². The molecule has 1 unspecified atom stereocenters. The van der Waals surface area contributed by atoms with Crippen LogP contribution in [0.4, 0.5) is 17.3 Å². The third kappa shape index (κ3) is 17.4. The van der Waals surface area contributed by atoms with E-state index in [-0.39, 0.29) is 61.0 Å². The summed E-state index contributed by atoms with van der Waals surface area (Å²) in [7, 11) is 3.38. The summed E-state index contributed by atoms with van der Waals surface area (Å²) in [6, 6.07) is 21.9. The summed E-state index contributed by atoms with van der Waals surface area (Å²) >= 11 is 0. The number of hydrogen-bond acceptors (Lipinski definition) is 18. The predicted octanol–water partition coefficient (Wildman–Crippen LogP) is 6.32. The number of hydrogen-bond donors (Lipinski definition) is 1. The molecule has 3 aromatic carbocycles. The minimum atomic E-state index is -0.530. The van der Waals surface area contributed by atoms with E-state index < -0.39 is 11.2 Å². The molecule has 2 aliphatic heterocycles. The lowest BCUT2D eigenvalue weighted by Crippen LogP contribution is -2.48. The van der Waals surface area contributed by atoms with Crippen LogP contribution in [0, 0.1) is 32.6 Å². The SMILES string of the molecule is CC#CCn1c(N2CCCC(NC(=O)CCOCCOCCOCCOCCOCCOCCN(C)C(=O)CCc3cc(C)c(Oc4ccncc4C(=O)N4CCN(C5CC5)c5ccccc54)cc3C)C2)nc2c1c(=O)n(Cc1nc(C)c3ccccc3n1)c(=O)n2C. The van der Waals surface area contributed by atoms with Gasteiger partial charge in [-0.05, 0) is 107 Å². The van der Waals surface area contributed by atoms with Crippen molar-refractivity contribution in [1.82, 2.24) is 43.9 Å². The average Bonchev–Trinajstić information content (AvgIpc) is 1.89. The van der Waals surface area contributed by atoms with Gasteiger partial charge in [0.25, 0.3) is 11.5 Å². The van der Waals surface area contributed by atoms with Gasteiger partial charge in [-0.15, -0.1) is 5.92 Å². The van der Waals surface area contributed by atoms with Crippen molar-refractivity contribution in [3.8, 4) is 23.3 Å². The minimum Gasteiger partial charge on any atom is -0.456 e. The molecule has 6 heterocycles. The summed E-state index contributed by atoms with van der Waals surface area (Å²) in [6.07, 6.45) is 8.24. The first-order valence-corrected chi connectivity index (χ1v) is 32.2. The molecule has 1 N–H and O–H groups in total. The Hall–Kier alpha value is -8.57. The number of carbonyl (C=O) groups excluding carboxylic acids is 3. The van der Waals surface area contributed by atoms with Gasteiger partial charge in [-0.2, -0.15) is 4.98 Å². The molecule has 93 heavy (non-hydrogen) atoms. The molecule has 1 aliphatic carbocycles. The van der Waals surface area contributed by atoms with Gasteiger partial charge in [-0.25, -0.2) is 14.8 Å². The van der Waals surface area contributed by atoms with Crippen molar-refractivity contribution in [3.05, 3.63) is 134 Å². The van der Waals surface area contributed by atoms with Gasteiger partial charge < -0.3 is 58.1 Å². The molecule has 0 spiro atoms. The van der Waals surface area contributed by atoms with E-state index in [2.05, 4.69) is 49.1 Å². The molecule has 494 valence electrons. The number of imidazole rings is 1. The maximum absolute atomic E-state index is 14.2. The summed E-state index contributed by atoms with van der Waals surface area (Å²) in [4.78, 5) is 94.6. The molecule has 0 radical (unpaired) electrons. The van der Waals surface area contributed by atoms with Crippen molar-refractivity contribution < 1.29 is 47.5 Å². The second-order valence-electron chi connectivity index (χ2n) is 23.6. The van der Waals surface area contributed by atoms with Gasteiger partial charge in [-0.3, -0.25) is 37.9 Å². The third-order valence-corrected chi connectivity index (χ3v) is 16.9. The zero-order valence-corrected chi connectivity index (χ0v) is 54.4. The number of nitrogens with zero attached hydrogens (tertiary/aromatic N) is 11. The van der Waals surface area contributed by atoms with E-state index >= 15 is 0 Å². The Bertz CT molecular complexity index is 3930. The fourth-order valence-electron chi connectivity index (χ4n) is 11.7. The van der Waals surface area contributed by atoms with Crippen LogP contribution in [-0.2, 0) is 64.6 Å². The molecule has 2 fully saturated rings. The van der Waals surface area contributed by atoms with E-state index in [0.717, 1.165) is 68.6 Å². The van der Waals surface area contributed by atoms with Gasteiger partial charge >= 0.3 is 5.69 Å². The molecule has 3 aliphatic rings. The molecule has 1 saturated heterocycles. The van der Waals surface area contributed by atoms with Crippen LogP contribution in [0.3, 0.4) is 0 Å². The van der Waals surface area contributed by atoms with Crippen LogP contribution >= 0.6 is 0 Å². The molecule has 1 atom stereocenters. The molecule has 3 amide bonds. The molecule has 24 heteroatoms. The predicted molar refractivity (Wildman–Crippen MR) is 354 cm³/mol. The number of piperidine rings is 1. The highest BCUT2D eigenvalue weighted by atomic mass is 16.6. The van der Waals surface area contributed by atoms with Crippen molar-refractivity contribution in [3.63, 3.8) is 0 Å². The lowest BCUT2D eigenvalue weighted by Gasteiger charge is -2.38. The van der Waals surface area contributed by atoms with E-state index in [0.29, 0.717) is 147 Å². The third-order valence-electron chi connectivity index (χ3n) is 16.9. The van der Waals surface area contributed by atoms with Crippen LogP contribution in [-0.4, -0.2) is 187 Å². The average molecular weight is 1280 g/mol. The molecular weight excluding hydrogens is 1190 g/mol. The van der Waals surface area contributed by atoms with Gasteiger partial charge in [0.15, 0.2) is 11.2 Å². The van der Waals surface area contributed by atoms with Crippen molar-refractivity contribution in [1.29, 1.82) is 0 Å². The summed E-state index contributed by atoms with van der Waals surface area (Å²) in [6.45, 7) is 15.2. The van der Waals surface area contributed by atoms with Crippen molar-refractivity contribution >= 4 is 57.1 Å². The number of ether oxygens (including phenoxy) is 7. The molecule has 24 nitrogen and oxygen atoms in total. The van der Waals surface area contributed by atoms with E-state index in [1.807, 2.05) is 79.1 Å². The van der Waals surface area contributed by atoms with E-state index in [1.165, 1.54) is 17.4 Å². The first-order chi connectivity index (χ1) is 45.3. The number of amides is 3. The lowest BCUT2D eigenvalue weighted by atomic mass is 10.00. The van der Waals surface area contributed by atoms with Gasteiger partial charge in [0.2, 0.25) is 17.8 Å². The highest BCUT2D eigenvalue weighted by molar-refractivity contribution is 6.10. The Kier molecular flexibility index (Phi) is 23.8. The second-order valence-corrected chi connectivity index (χ2v) is 23.6. The van der Waals surface area contributed by atoms with Gasteiger partial charge in [-0.1, -0.05) is 42.3 Å². The molecule has 1 saturated carbocycles. The smallest absolute Gasteiger partial charge is 0.332 e. The first kappa shape index (κ1) is 67.3. The number of anilines is 3. The summed E-state index contributed by atoms with van der Waals surface area (Å²) in [5.74, 6) is 7.69. The second kappa shape index (κ2) is 32.8. The Balaban J connectivity index is 0.533. The minimum absolute atomic E-state index is 0.0260. The molecule has 0 bridgehead atoms. The highest BCUT2D eigenvalue weighted by Crippen LogP contribution is 2.41. The number of carbonyl (C=O) groups is 3. The quantitative estimate of drug-likeness (QED) is 0.0350. The van der Waals surface area contributed by atoms with E-state index in [1.54, 1.807) is 48.9 Å². The van der Waals surface area contributed by atoms with E-state index in [9.17, 15) is 24.0 Å². The number of aryl methyl sites for hydroxylation is 5. The van der Waals surface area contributed by atoms with Crippen molar-refractivity contribution in [2.24, 2.45) is 7.05 Å². The van der Waals surface area contributed by atoms with Crippen molar-refractivity contribution in [2.45, 2.75) is 97.8 Å². The summed E-state index contributed by atoms with van der Waals surface area (Å²) < 4.78 is 44.7. The normalized spacial score (nSPS) is 14.7. The standard InChI is InChI=1S/C69H86N12O12/c1-7-8-27-80-64-65(76(6)69(86)81(67(64)85)47-61-71-50(4)54-15-9-10-16-56(54)73-61)74-68(80)77-26-13-14-52(46-77)72-62(82)24-31-87-33-35-89-37-39-91-41-42-92-40-38-90-36-34-88-32-30-75(5)63(83)22-19-51-43-49(3)60(44-48(51)2)93-59-23-25-70-45-55(59)66(84)79-29-28-78(53-20-21-53)57-17-11-12-18-58(57)79/h9-12,15-18,23,25,43-45,52-53H,13-14,19-22,24,26-42,46-47H2,1-6H3,(H,72,82). The first-order valence-electron chi connectivity index (χ1n) is 32.2. The molecule has 7 aromatic rings. The summed E-state index contributed by atoms with van der Waals surface area (Å²) in [5.41, 5.74) is 6.31. The molecule has 10 rings (SSSR count). The largest absolute Gasteiger partial charge is 0.456 e. The number of fused-ring (bicyclic) bond motifs is 3. The van der Waals surface area contributed by atoms with Gasteiger partial charge in [0, 0.05) is 95.2 Å². The Morgan fingerprint density at radius 3 is 2.11 bits per heavy atom. The fraction of sp³-hybridized carbons (Fsp3) is 0.493. The van der Waals surface area contributed by atoms with Crippen LogP contribution in [0.1, 0.15) is 84.0 Å². The monoisotopic (exact) mass is 1270 g/mol. The zero-order chi connectivity index (χ0) is 65.2. The highest BCUT2D eigenvalue weighted by Gasteiger charge is 2.36. The number of pyridine rings is 1.